The Balaban J connectivity index is 1.95. The molecule has 0 amide bonds. The first-order valence-corrected chi connectivity index (χ1v) is 8.12. The van der Waals surface area contributed by atoms with Crippen molar-refractivity contribution >= 4 is 16.7 Å². The van der Waals surface area contributed by atoms with Gasteiger partial charge in [0.1, 0.15) is 5.82 Å². The average molecular weight is 283 g/mol. The van der Waals surface area contributed by atoms with Crippen LogP contribution in [-0.2, 0) is 6.54 Å². The van der Waals surface area contributed by atoms with Gasteiger partial charge in [-0.15, -0.1) is 0 Å². The predicted molar refractivity (Wildman–Crippen MR) is 89.7 cm³/mol. The highest BCUT2D eigenvalue weighted by molar-refractivity contribution is 5.84. The molecule has 3 nitrogen and oxygen atoms in total. The summed E-state index contributed by atoms with van der Waals surface area (Å²) in [6, 6.07) is 10.8. The van der Waals surface area contributed by atoms with Gasteiger partial charge >= 0.3 is 0 Å². The molecule has 112 valence electrons. The zero-order valence-corrected chi connectivity index (χ0v) is 13.1. The minimum atomic E-state index is 0.850. The number of nitrogens with one attached hydrogen (secondary N) is 1. The lowest BCUT2D eigenvalue weighted by Gasteiger charge is -2.31. The van der Waals surface area contributed by atoms with Gasteiger partial charge in [-0.05, 0) is 43.0 Å². The van der Waals surface area contributed by atoms with Crippen molar-refractivity contribution in [2.45, 2.75) is 33.2 Å². The van der Waals surface area contributed by atoms with Crippen molar-refractivity contribution in [3.8, 4) is 0 Å². The van der Waals surface area contributed by atoms with Crippen LogP contribution < -0.4 is 10.2 Å². The molecule has 1 aromatic heterocycles. The van der Waals surface area contributed by atoms with Crippen LogP contribution in [0.2, 0.25) is 0 Å². The molecule has 3 rings (SSSR count). The summed E-state index contributed by atoms with van der Waals surface area (Å²) in [5.74, 6) is 2.00. The molecule has 0 atom stereocenters. The van der Waals surface area contributed by atoms with E-state index in [9.17, 15) is 0 Å². The first-order valence-electron chi connectivity index (χ1n) is 8.12. The van der Waals surface area contributed by atoms with E-state index in [-0.39, 0.29) is 0 Å². The number of benzene rings is 1. The van der Waals surface area contributed by atoms with Gasteiger partial charge in [0.15, 0.2) is 0 Å². The van der Waals surface area contributed by atoms with E-state index in [0.29, 0.717) is 0 Å². The maximum Gasteiger partial charge on any atom is 0.129 e. The maximum absolute atomic E-state index is 4.89. The van der Waals surface area contributed by atoms with Crippen molar-refractivity contribution in [2.75, 3.05) is 24.5 Å². The Morgan fingerprint density at radius 2 is 2.00 bits per heavy atom. The lowest BCUT2D eigenvalue weighted by molar-refractivity contribution is 0.437. The molecule has 0 radical (unpaired) electrons. The summed E-state index contributed by atoms with van der Waals surface area (Å²) in [6.07, 6.45) is 2.55. The standard InChI is InChI=1S/C18H25N3/c1-3-19-13-15-12-18(21-10-8-14(2)9-11-21)20-17-7-5-4-6-16(15)17/h4-7,12,14,19H,3,8-11,13H2,1-2H3. The molecule has 2 aromatic rings. The molecule has 1 aromatic carbocycles. The summed E-state index contributed by atoms with van der Waals surface area (Å²) < 4.78 is 0. The summed E-state index contributed by atoms with van der Waals surface area (Å²) in [6.45, 7) is 8.67. The quantitative estimate of drug-likeness (QED) is 0.929. The molecule has 1 saturated heterocycles. The van der Waals surface area contributed by atoms with Crippen LogP contribution >= 0.6 is 0 Å². The molecule has 1 aliphatic heterocycles. The van der Waals surface area contributed by atoms with Gasteiger partial charge in [-0.1, -0.05) is 32.0 Å². The third-order valence-electron chi connectivity index (χ3n) is 4.46. The second-order valence-corrected chi connectivity index (χ2v) is 6.11. The summed E-state index contributed by atoms with van der Waals surface area (Å²) >= 11 is 0. The monoisotopic (exact) mass is 283 g/mol. The summed E-state index contributed by atoms with van der Waals surface area (Å²) in [7, 11) is 0. The van der Waals surface area contributed by atoms with Gasteiger partial charge in [-0.25, -0.2) is 4.98 Å². The van der Waals surface area contributed by atoms with Crippen molar-refractivity contribution in [3.63, 3.8) is 0 Å². The van der Waals surface area contributed by atoms with Gasteiger partial charge in [0, 0.05) is 25.0 Å². The molecular formula is C18H25N3. The van der Waals surface area contributed by atoms with Crippen LogP contribution in [-0.4, -0.2) is 24.6 Å². The molecule has 0 saturated carbocycles. The molecular weight excluding hydrogens is 258 g/mol. The predicted octanol–water partition coefficient (Wildman–Crippen LogP) is 3.58. The number of piperidine rings is 1. The van der Waals surface area contributed by atoms with Gasteiger partial charge < -0.3 is 10.2 Å². The lowest BCUT2D eigenvalue weighted by Crippen LogP contribution is -2.33. The number of para-hydroxylation sites is 1. The van der Waals surface area contributed by atoms with Crippen LogP contribution in [0.15, 0.2) is 30.3 Å². The number of hydrogen-bond acceptors (Lipinski definition) is 3. The second kappa shape index (κ2) is 6.44. The number of rotatable bonds is 4. The maximum atomic E-state index is 4.89. The van der Waals surface area contributed by atoms with E-state index in [2.05, 4.69) is 54.4 Å². The number of anilines is 1. The minimum Gasteiger partial charge on any atom is -0.357 e. The zero-order valence-electron chi connectivity index (χ0n) is 13.1. The van der Waals surface area contributed by atoms with Crippen molar-refractivity contribution in [1.29, 1.82) is 0 Å². The molecule has 0 spiro atoms. The normalized spacial score (nSPS) is 16.6. The minimum absolute atomic E-state index is 0.850. The Morgan fingerprint density at radius 3 is 2.76 bits per heavy atom. The van der Waals surface area contributed by atoms with Crippen LogP contribution in [0.5, 0.6) is 0 Å². The Morgan fingerprint density at radius 1 is 1.24 bits per heavy atom. The molecule has 21 heavy (non-hydrogen) atoms. The molecule has 3 heteroatoms. The van der Waals surface area contributed by atoms with Crippen molar-refractivity contribution in [1.82, 2.24) is 10.3 Å². The molecule has 2 heterocycles. The van der Waals surface area contributed by atoms with Gasteiger partial charge in [0.2, 0.25) is 0 Å². The van der Waals surface area contributed by atoms with Crippen LogP contribution in [0.3, 0.4) is 0 Å². The Hall–Kier alpha value is -1.61. The topological polar surface area (TPSA) is 28.2 Å². The third kappa shape index (κ3) is 3.18. The number of hydrogen-bond donors (Lipinski definition) is 1. The van der Waals surface area contributed by atoms with Crippen molar-refractivity contribution < 1.29 is 0 Å². The van der Waals surface area contributed by atoms with E-state index in [1.165, 1.54) is 23.8 Å². The number of nitrogens with zero attached hydrogens (tertiary/aromatic N) is 2. The van der Waals surface area contributed by atoms with Crippen LogP contribution in [0.4, 0.5) is 5.82 Å². The molecule has 0 unspecified atom stereocenters. The Bertz CT molecular complexity index is 600. The first kappa shape index (κ1) is 14.3. The highest BCUT2D eigenvalue weighted by atomic mass is 15.2. The van der Waals surface area contributed by atoms with Gasteiger partial charge in [-0.3, -0.25) is 0 Å². The van der Waals surface area contributed by atoms with Crippen molar-refractivity contribution in [2.24, 2.45) is 5.92 Å². The molecule has 1 fully saturated rings. The lowest BCUT2D eigenvalue weighted by atomic mass is 9.99. The fourth-order valence-electron chi connectivity index (χ4n) is 3.04. The second-order valence-electron chi connectivity index (χ2n) is 6.11. The van der Waals surface area contributed by atoms with Gasteiger partial charge in [-0.2, -0.15) is 0 Å². The van der Waals surface area contributed by atoms with E-state index in [0.717, 1.165) is 43.4 Å². The van der Waals surface area contributed by atoms with E-state index < -0.39 is 0 Å². The smallest absolute Gasteiger partial charge is 0.129 e. The fraction of sp³-hybridized carbons (Fsp3) is 0.500. The molecule has 0 bridgehead atoms. The Kier molecular flexibility index (Phi) is 4.39. The Labute approximate surface area is 127 Å². The summed E-state index contributed by atoms with van der Waals surface area (Å²) in [5, 5.41) is 4.72. The zero-order chi connectivity index (χ0) is 14.7. The SMILES string of the molecule is CCNCc1cc(N2CCC(C)CC2)nc2ccccc12. The number of pyridine rings is 1. The average Bonchev–Trinajstić information content (AvgIpc) is 2.53. The van der Waals surface area contributed by atoms with Crippen LogP contribution in [0.25, 0.3) is 10.9 Å². The van der Waals surface area contributed by atoms with Crippen LogP contribution in [0.1, 0.15) is 32.3 Å². The van der Waals surface area contributed by atoms with E-state index in [1.54, 1.807) is 0 Å². The number of aromatic nitrogens is 1. The highest BCUT2D eigenvalue weighted by Crippen LogP contribution is 2.26. The fourth-order valence-corrected chi connectivity index (χ4v) is 3.04. The van der Waals surface area contributed by atoms with Crippen molar-refractivity contribution in [3.05, 3.63) is 35.9 Å². The van der Waals surface area contributed by atoms with E-state index >= 15 is 0 Å². The highest BCUT2D eigenvalue weighted by Gasteiger charge is 2.18. The van der Waals surface area contributed by atoms with Gasteiger partial charge in [0.05, 0.1) is 5.52 Å². The van der Waals surface area contributed by atoms with E-state index in [4.69, 9.17) is 4.98 Å². The molecule has 1 aliphatic rings. The molecule has 1 N–H and O–H groups in total. The first-order chi connectivity index (χ1) is 10.3. The number of fused-ring (bicyclic) bond motifs is 1. The van der Waals surface area contributed by atoms with E-state index in [1.807, 2.05) is 0 Å². The van der Waals surface area contributed by atoms with Crippen LogP contribution in [0, 0.1) is 5.92 Å². The summed E-state index contributed by atoms with van der Waals surface area (Å²) in [4.78, 5) is 7.34. The van der Waals surface area contributed by atoms with Gasteiger partial charge in [0.25, 0.3) is 0 Å². The third-order valence-corrected chi connectivity index (χ3v) is 4.46. The molecule has 0 aliphatic carbocycles. The summed E-state index contributed by atoms with van der Waals surface area (Å²) in [5.41, 5.74) is 2.47. The largest absolute Gasteiger partial charge is 0.357 e.